The molecule has 0 spiro atoms. The van der Waals surface area contributed by atoms with Gasteiger partial charge in [0.15, 0.2) is 6.10 Å². The van der Waals surface area contributed by atoms with E-state index in [1.165, 1.54) is 0 Å². The van der Waals surface area contributed by atoms with E-state index in [1.807, 2.05) is 68.4 Å². The summed E-state index contributed by atoms with van der Waals surface area (Å²) < 4.78 is 6.58. The van der Waals surface area contributed by atoms with E-state index in [1.54, 1.807) is 25.1 Å². The molecule has 32 heavy (non-hydrogen) atoms. The van der Waals surface area contributed by atoms with Crippen molar-refractivity contribution in [2.75, 3.05) is 0 Å². The lowest BCUT2D eigenvalue weighted by molar-refractivity contribution is 0.0320. The lowest BCUT2D eigenvalue weighted by atomic mass is 10.0. The molecule has 0 saturated carbocycles. The predicted octanol–water partition coefficient (Wildman–Crippen LogP) is 6.71. The fourth-order valence-corrected chi connectivity index (χ4v) is 3.82. The van der Waals surface area contributed by atoms with Crippen LogP contribution in [-0.2, 0) is 4.74 Å². The fraction of sp³-hybridized carbons (Fsp3) is 0.148. The quantitative estimate of drug-likeness (QED) is 0.232. The molecule has 160 valence electrons. The van der Waals surface area contributed by atoms with Crippen molar-refractivity contribution in [2.24, 2.45) is 0 Å². The maximum atomic E-state index is 13.2. The number of hydrogen-bond acceptors (Lipinski definition) is 4. The van der Waals surface area contributed by atoms with Crippen LogP contribution in [0, 0.1) is 13.8 Å². The van der Waals surface area contributed by atoms with Crippen LogP contribution in [0.5, 0.6) is 0 Å². The smallest absolute Gasteiger partial charge is 0.339 e. The average Bonchev–Trinajstić information content (AvgIpc) is 2.79. The molecule has 3 aromatic carbocycles. The number of ether oxygens (including phenoxy) is 1. The average molecular weight is 488 g/mol. The summed E-state index contributed by atoms with van der Waals surface area (Å²) in [4.78, 5) is 30.8. The summed E-state index contributed by atoms with van der Waals surface area (Å²) in [5.41, 5.74) is 5.21. The number of carbonyl (C=O) groups is 2. The molecule has 1 unspecified atom stereocenters. The van der Waals surface area contributed by atoms with Gasteiger partial charge in [0.25, 0.3) is 0 Å². The normalized spacial score (nSPS) is 11.9. The van der Waals surface area contributed by atoms with Crippen molar-refractivity contribution in [1.29, 1.82) is 0 Å². The molecule has 0 amide bonds. The monoisotopic (exact) mass is 487 g/mol. The minimum Gasteiger partial charge on any atom is -0.451 e. The molecule has 0 aliphatic heterocycles. The second-order valence-electron chi connectivity index (χ2n) is 7.81. The number of fused-ring (bicyclic) bond motifs is 1. The van der Waals surface area contributed by atoms with E-state index in [9.17, 15) is 9.59 Å². The van der Waals surface area contributed by atoms with Crippen molar-refractivity contribution in [3.8, 4) is 11.3 Å². The van der Waals surface area contributed by atoms with Crippen LogP contribution < -0.4 is 0 Å². The Kier molecular flexibility index (Phi) is 6.19. The van der Waals surface area contributed by atoms with Crippen molar-refractivity contribution in [2.45, 2.75) is 26.9 Å². The van der Waals surface area contributed by atoms with Crippen LogP contribution in [0.4, 0.5) is 0 Å². The van der Waals surface area contributed by atoms with Gasteiger partial charge in [-0.25, -0.2) is 9.78 Å². The number of nitrogens with zero attached hydrogens (tertiary/aromatic N) is 1. The number of halogens is 1. The minimum absolute atomic E-state index is 0.235. The maximum absolute atomic E-state index is 13.2. The van der Waals surface area contributed by atoms with Crippen LogP contribution in [0.1, 0.15) is 38.8 Å². The first kappa shape index (κ1) is 21.9. The summed E-state index contributed by atoms with van der Waals surface area (Å²) in [6.45, 7) is 5.51. The summed E-state index contributed by atoms with van der Waals surface area (Å²) >= 11 is 3.44. The Bertz CT molecular complexity index is 1310. The molecule has 1 heterocycles. The molecule has 1 atom stereocenters. The Morgan fingerprint density at radius 2 is 1.62 bits per heavy atom. The van der Waals surface area contributed by atoms with E-state index < -0.39 is 12.1 Å². The predicted molar refractivity (Wildman–Crippen MR) is 130 cm³/mol. The first-order valence-corrected chi connectivity index (χ1v) is 11.1. The highest BCUT2D eigenvalue weighted by Crippen LogP contribution is 2.28. The summed E-state index contributed by atoms with van der Waals surface area (Å²) in [5, 5.41) is 0.700. The van der Waals surface area contributed by atoms with Gasteiger partial charge in [-0.2, -0.15) is 0 Å². The van der Waals surface area contributed by atoms with Crippen LogP contribution in [-0.4, -0.2) is 22.8 Å². The van der Waals surface area contributed by atoms with Crippen molar-refractivity contribution in [3.05, 3.63) is 99.5 Å². The number of aryl methyl sites for hydroxylation is 2. The molecule has 0 aliphatic rings. The van der Waals surface area contributed by atoms with Gasteiger partial charge in [-0.15, -0.1) is 0 Å². The Balaban J connectivity index is 1.71. The van der Waals surface area contributed by atoms with Gasteiger partial charge in [-0.1, -0.05) is 76.1 Å². The molecule has 0 N–H and O–H groups in total. The van der Waals surface area contributed by atoms with Crippen LogP contribution in [0.25, 0.3) is 22.2 Å². The number of para-hydroxylation sites is 1. The zero-order chi connectivity index (χ0) is 22.8. The third-order valence-electron chi connectivity index (χ3n) is 5.39. The standard InChI is InChI=1S/C27H22BrNO3/c1-16-7-9-20(10-8-16)26(30)18(3)32-27(31)23-15-24(19-11-13-21(28)14-12-19)29-25-17(2)5-4-6-22(23)25/h4-15,18H,1-3H3. The van der Waals surface area contributed by atoms with E-state index in [-0.39, 0.29) is 5.78 Å². The molecule has 4 nitrogen and oxygen atoms in total. The van der Waals surface area contributed by atoms with Crippen molar-refractivity contribution >= 4 is 38.6 Å². The van der Waals surface area contributed by atoms with E-state index in [0.29, 0.717) is 22.2 Å². The van der Waals surface area contributed by atoms with E-state index >= 15 is 0 Å². The zero-order valence-corrected chi connectivity index (χ0v) is 19.6. The number of Topliss-reactive ketones (excluding diaryl/α,β-unsaturated/α-hetero) is 1. The molecular weight excluding hydrogens is 466 g/mol. The van der Waals surface area contributed by atoms with E-state index in [2.05, 4.69) is 15.9 Å². The molecule has 0 radical (unpaired) electrons. The lowest BCUT2D eigenvalue weighted by Crippen LogP contribution is -2.24. The van der Waals surface area contributed by atoms with Crippen molar-refractivity contribution in [1.82, 2.24) is 4.98 Å². The molecule has 5 heteroatoms. The van der Waals surface area contributed by atoms with Gasteiger partial charge in [-0.3, -0.25) is 4.79 Å². The van der Waals surface area contributed by atoms with Gasteiger partial charge in [0.05, 0.1) is 16.8 Å². The van der Waals surface area contributed by atoms with Crippen LogP contribution >= 0.6 is 15.9 Å². The number of carbonyl (C=O) groups excluding carboxylic acids is 2. The van der Waals surface area contributed by atoms with Gasteiger partial charge < -0.3 is 4.74 Å². The highest BCUT2D eigenvalue weighted by atomic mass is 79.9. The summed E-state index contributed by atoms with van der Waals surface area (Å²) in [7, 11) is 0. The van der Waals surface area contributed by atoms with Crippen molar-refractivity contribution in [3.63, 3.8) is 0 Å². The Hall–Kier alpha value is -3.31. The number of pyridine rings is 1. The summed E-state index contributed by atoms with van der Waals surface area (Å²) in [6, 6.07) is 22.4. The topological polar surface area (TPSA) is 56.3 Å². The maximum Gasteiger partial charge on any atom is 0.339 e. The lowest BCUT2D eigenvalue weighted by Gasteiger charge is -2.15. The summed E-state index contributed by atoms with van der Waals surface area (Å²) in [6.07, 6.45) is -0.908. The molecule has 1 aromatic heterocycles. The highest BCUT2D eigenvalue weighted by Gasteiger charge is 2.23. The molecule has 4 rings (SSSR count). The molecule has 0 fully saturated rings. The number of esters is 1. The number of hydrogen-bond donors (Lipinski definition) is 0. The second-order valence-corrected chi connectivity index (χ2v) is 8.73. The van der Waals surface area contributed by atoms with Gasteiger partial charge in [0, 0.05) is 21.0 Å². The Morgan fingerprint density at radius 1 is 0.938 bits per heavy atom. The van der Waals surface area contributed by atoms with E-state index in [4.69, 9.17) is 9.72 Å². The SMILES string of the molecule is Cc1ccc(C(=O)C(C)OC(=O)c2cc(-c3ccc(Br)cc3)nc3c(C)cccc23)cc1. The Labute approximate surface area is 195 Å². The largest absolute Gasteiger partial charge is 0.451 e. The molecular formula is C27H22BrNO3. The number of ketones is 1. The number of aromatic nitrogens is 1. The van der Waals surface area contributed by atoms with Gasteiger partial charge in [-0.05, 0) is 44.5 Å². The minimum atomic E-state index is -0.908. The second kappa shape index (κ2) is 9.05. The zero-order valence-electron chi connectivity index (χ0n) is 18.1. The molecule has 0 aliphatic carbocycles. The fourth-order valence-electron chi connectivity index (χ4n) is 3.56. The third kappa shape index (κ3) is 4.48. The molecule has 4 aromatic rings. The number of rotatable bonds is 5. The highest BCUT2D eigenvalue weighted by molar-refractivity contribution is 9.10. The third-order valence-corrected chi connectivity index (χ3v) is 5.92. The van der Waals surface area contributed by atoms with Gasteiger partial charge in [0.2, 0.25) is 5.78 Å². The van der Waals surface area contributed by atoms with Crippen LogP contribution in [0.15, 0.2) is 77.3 Å². The van der Waals surface area contributed by atoms with Crippen molar-refractivity contribution < 1.29 is 14.3 Å². The first-order chi connectivity index (χ1) is 15.3. The number of benzene rings is 3. The van der Waals surface area contributed by atoms with Gasteiger partial charge in [0.1, 0.15) is 0 Å². The Morgan fingerprint density at radius 3 is 2.31 bits per heavy atom. The summed E-state index contributed by atoms with van der Waals surface area (Å²) in [5.74, 6) is -0.782. The first-order valence-electron chi connectivity index (χ1n) is 10.3. The van der Waals surface area contributed by atoms with Gasteiger partial charge >= 0.3 is 5.97 Å². The molecule has 0 bridgehead atoms. The van der Waals surface area contributed by atoms with E-state index in [0.717, 1.165) is 26.7 Å². The molecule has 0 saturated heterocycles. The van der Waals surface area contributed by atoms with Crippen LogP contribution in [0.2, 0.25) is 0 Å². The van der Waals surface area contributed by atoms with Crippen LogP contribution in [0.3, 0.4) is 0 Å².